The van der Waals surface area contributed by atoms with E-state index in [2.05, 4.69) is 6.58 Å². The first kappa shape index (κ1) is 38.8. The van der Waals surface area contributed by atoms with Crippen LogP contribution >= 0.6 is 0 Å². The lowest BCUT2D eigenvalue weighted by molar-refractivity contribution is -0.137. The number of allylic oxidation sites excluding steroid dienone is 5. The zero-order valence-corrected chi connectivity index (χ0v) is 30.9. The third kappa shape index (κ3) is 9.05. The summed E-state index contributed by atoms with van der Waals surface area (Å²) in [6, 6.07) is 16.4. The summed E-state index contributed by atoms with van der Waals surface area (Å²) in [5.41, 5.74) is 4.98. The highest BCUT2D eigenvalue weighted by atomic mass is 19.4. The summed E-state index contributed by atoms with van der Waals surface area (Å²) in [5, 5.41) is 0. The molecule has 0 bridgehead atoms. The zero-order valence-electron chi connectivity index (χ0n) is 30.9. The van der Waals surface area contributed by atoms with Gasteiger partial charge in [-0.2, -0.15) is 13.2 Å². The fourth-order valence-electron chi connectivity index (χ4n) is 7.50. The van der Waals surface area contributed by atoms with Gasteiger partial charge in [0.15, 0.2) is 11.6 Å². The number of alkyl halides is 3. The lowest BCUT2D eigenvalue weighted by Crippen LogP contribution is -2.51. The van der Waals surface area contributed by atoms with Crippen LogP contribution in [0, 0.1) is 11.6 Å². The predicted molar refractivity (Wildman–Crippen MR) is 198 cm³/mol. The van der Waals surface area contributed by atoms with Gasteiger partial charge in [-0.05, 0) is 123 Å². The molecule has 0 unspecified atom stereocenters. The van der Waals surface area contributed by atoms with Crippen molar-refractivity contribution in [1.29, 1.82) is 0 Å². The quantitative estimate of drug-likeness (QED) is 0.205. The molecule has 3 aromatic carbocycles. The van der Waals surface area contributed by atoms with Crippen LogP contribution in [0.25, 0.3) is 11.1 Å². The van der Waals surface area contributed by atoms with E-state index >= 15 is 0 Å². The summed E-state index contributed by atoms with van der Waals surface area (Å²) < 4.78 is 73.7. The number of aryl methyl sites for hydroxylation is 1. The molecule has 6 nitrogen and oxygen atoms in total. The van der Waals surface area contributed by atoms with Crippen LogP contribution in [0.5, 0.6) is 0 Å². The molecule has 3 aliphatic rings. The Balaban J connectivity index is 1.24. The maximum atomic E-state index is 14.6. The number of likely N-dealkylation sites (tertiary alicyclic amines) is 1. The van der Waals surface area contributed by atoms with Crippen molar-refractivity contribution in [3.05, 3.63) is 130 Å². The van der Waals surface area contributed by atoms with E-state index in [1.54, 1.807) is 11.0 Å². The molecule has 1 aliphatic carbocycles. The molecule has 2 amide bonds. The zero-order chi connectivity index (χ0) is 38.8. The number of carbonyl (C=O) groups excluding carboxylic acids is 2. The minimum atomic E-state index is -4.42. The summed E-state index contributed by atoms with van der Waals surface area (Å²) in [7, 11) is 0. The maximum Gasteiger partial charge on any atom is 0.416 e. The van der Waals surface area contributed by atoms with Crippen molar-refractivity contribution in [2.45, 2.75) is 90.1 Å². The van der Waals surface area contributed by atoms with E-state index in [0.29, 0.717) is 37.9 Å². The molecule has 0 atom stereocenters. The van der Waals surface area contributed by atoms with E-state index in [-0.39, 0.29) is 37.0 Å². The number of carbonyl (C=O) groups is 2. The standard InChI is InChI=1S/C43H46F5N3O3/c1-28-25-35(20-17-32-7-5-9-37(44)40(32)45)50(38-10-6-8-36(28)38)27-39(52)51(34-21-23-49(24-22-34)41(53)54-42(2,3)4)26-29-11-13-30(14-12-29)31-15-18-33(19-16-31)43(46,47)48/h5,7,9,11-16,18-19,25,34H,1,6,8,10,17,20-24,26-27H2,2-4H3. The molecule has 1 fully saturated rings. The number of amides is 2. The van der Waals surface area contributed by atoms with Gasteiger partial charge in [0.25, 0.3) is 0 Å². The fraction of sp³-hybridized carbons (Fsp3) is 0.395. The van der Waals surface area contributed by atoms with E-state index < -0.39 is 35.1 Å². The first-order valence-corrected chi connectivity index (χ1v) is 18.4. The third-order valence-electron chi connectivity index (χ3n) is 10.3. The number of halogens is 5. The van der Waals surface area contributed by atoms with E-state index in [4.69, 9.17) is 4.74 Å². The van der Waals surface area contributed by atoms with Gasteiger partial charge in [-0.25, -0.2) is 13.6 Å². The first-order valence-electron chi connectivity index (χ1n) is 18.4. The molecule has 0 radical (unpaired) electrons. The molecule has 11 heteroatoms. The molecule has 286 valence electrons. The van der Waals surface area contributed by atoms with Gasteiger partial charge in [0, 0.05) is 37.1 Å². The summed E-state index contributed by atoms with van der Waals surface area (Å²) in [4.78, 5) is 33.0. The molecule has 0 spiro atoms. The van der Waals surface area contributed by atoms with Crippen LogP contribution in [-0.2, 0) is 28.7 Å². The van der Waals surface area contributed by atoms with E-state index in [1.807, 2.05) is 60.9 Å². The Kier molecular flexibility index (Phi) is 11.4. The van der Waals surface area contributed by atoms with Crippen molar-refractivity contribution in [3.63, 3.8) is 0 Å². The SMILES string of the molecule is C=C1C=C(CCc2cccc(F)c2F)N(CC(=O)N(Cc2ccc(-c3ccc(C(F)(F)F)cc3)cc2)C2CCN(C(=O)OC(C)(C)C)CC2)C2=C1CCC2. The van der Waals surface area contributed by atoms with E-state index in [1.165, 1.54) is 18.2 Å². The Morgan fingerprint density at radius 3 is 2.17 bits per heavy atom. The first-order chi connectivity index (χ1) is 25.6. The van der Waals surface area contributed by atoms with Gasteiger partial charge >= 0.3 is 12.3 Å². The van der Waals surface area contributed by atoms with Crippen LogP contribution in [-0.4, -0.2) is 58.0 Å². The van der Waals surface area contributed by atoms with Gasteiger partial charge in [-0.15, -0.1) is 0 Å². The Bertz CT molecular complexity index is 1940. The molecule has 0 saturated carbocycles. The molecule has 2 aliphatic heterocycles. The van der Waals surface area contributed by atoms with Crippen molar-refractivity contribution in [1.82, 2.24) is 14.7 Å². The molecule has 6 rings (SSSR count). The van der Waals surface area contributed by atoms with Crippen LogP contribution in [0.4, 0.5) is 26.7 Å². The van der Waals surface area contributed by atoms with Gasteiger partial charge in [-0.3, -0.25) is 4.79 Å². The van der Waals surface area contributed by atoms with Crippen LogP contribution in [0.2, 0.25) is 0 Å². The van der Waals surface area contributed by atoms with Crippen LogP contribution in [0.3, 0.4) is 0 Å². The number of benzene rings is 3. The van der Waals surface area contributed by atoms with E-state index in [9.17, 15) is 31.5 Å². The Morgan fingerprint density at radius 1 is 0.889 bits per heavy atom. The number of rotatable bonds is 9. The molecule has 3 aromatic rings. The second-order valence-corrected chi connectivity index (χ2v) is 15.2. The Morgan fingerprint density at radius 2 is 1.54 bits per heavy atom. The lowest BCUT2D eigenvalue weighted by atomic mass is 9.96. The van der Waals surface area contributed by atoms with Crippen LogP contribution < -0.4 is 0 Å². The summed E-state index contributed by atoms with van der Waals surface area (Å²) in [6.45, 7) is 10.9. The summed E-state index contributed by atoms with van der Waals surface area (Å²) >= 11 is 0. The third-order valence-corrected chi connectivity index (χ3v) is 10.3. The minimum absolute atomic E-state index is 0.0412. The minimum Gasteiger partial charge on any atom is -0.444 e. The van der Waals surface area contributed by atoms with Crippen molar-refractivity contribution in [2.75, 3.05) is 19.6 Å². The molecule has 1 saturated heterocycles. The molecular formula is C43H46F5N3O3. The molecule has 0 N–H and O–H groups in total. The number of ether oxygens (including phenoxy) is 1. The second kappa shape index (κ2) is 15.8. The predicted octanol–water partition coefficient (Wildman–Crippen LogP) is 10.2. The number of hydrogen-bond donors (Lipinski definition) is 0. The van der Waals surface area contributed by atoms with Gasteiger partial charge in [0.1, 0.15) is 12.1 Å². The summed E-state index contributed by atoms with van der Waals surface area (Å²) in [5.74, 6) is -1.89. The Labute approximate surface area is 313 Å². The van der Waals surface area contributed by atoms with E-state index in [0.717, 1.165) is 71.1 Å². The maximum absolute atomic E-state index is 14.6. The lowest BCUT2D eigenvalue weighted by Gasteiger charge is -2.41. The average molecular weight is 748 g/mol. The number of nitrogens with zero attached hydrogens (tertiary/aromatic N) is 3. The highest BCUT2D eigenvalue weighted by molar-refractivity contribution is 5.80. The monoisotopic (exact) mass is 747 g/mol. The molecule has 54 heavy (non-hydrogen) atoms. The molecular weight excluding hydrogens is 701 g/mol. The average Bonchev–Trinajstić information content (AvgIpc) is 3.63. The van der Waals surface area contributed by atoms with Crippen LogP contribution in [0.1, 0.15) is 76.0 Å². The van der Waals surface area contributed by atoms with Crippen LogP contribution in [0.15, 0.2) is 102 Å². The topological polar surface area (TPSA) is 53.1 Å². The molecule has 0 aromatic heterocycles. The smallest absolute Gasteiger partial charge is 0.416 e. The van der Waals surface area contributed by atoms with Gasteiger partial charge in [0.2, 0.25) is 5.91 Å². The van der Waals surface area contributed by atoms with Crippen molar-refractivity contribution in [2.24, 2.45) is 0 Å². The normalized spacial score (nSPS) is 16.7. The fourth-order valence-corrected chi connectivity index (χ4v) is 7.50. The summed E-state index contributed by atoms with van der Waals surface area (Å²) in [6.07, 6.45) is 1.39. The van der Waals surface area contributed by atoms with Gasteiger partial charge in [0.05, 0.1) is 5.56 Å². The number of piperidine rings is 1. The Hall–Kier alpha value is -4.93. The molecule has 2 heterocycles. The highest BCUT2D eigenvalue weighted by Gasteiger charge is 2.35. The highest BCUT2D eigenvalue weighted by Crippen LogP contribution is 2.41. The van der Waals surface area contributed by atoms with Crippen molar-refractivity contribution in [3.8, 4) is 11.1 Å². The van der Waals surface area contributed by atoms with Gasteiger partial charge in [-0.1, -0.05) is 55.1 Å². The van der Waals surface area contributed by atoms with Crippen molar-refractivity contribution < 1.29 is 36.3 Å². The van der Waals surface area contributed by atoms with Gasteiger partial charge < -0.3 is 19.4 Å². The second-order valence-electron chi connectivity index (χ2n) is 15.2. The number of hydrogen-bond acceptors (Lipinski definition) is 4. The van der Waals surface area contributed by atoms with Crippen molar-refractivity contribution >= 4 is 12.0 Å². The largest absolute Gasteiger partial charge is 0.444 e.